The molecule has 0 unspecified atom stereocenters. The number of aliphatic hydroxyl groups is 1. The first-order valence-corrected chi connectivity index (χ1v) is 6.26. The smallest absolute Gasteiger partial charge is 0.314 e. The van der Waals surface area contributed by atoms with Gasteiger partial charge in [-0.15, -0.1) is 0 Å². The van der Waals surface area contributed by atoms with E-state index in [1.165, 1.54) is 7.11 Å². The van der Waals surface area contributed by atoms with Gasteiger partial charge in [-0.25, -0.2) is 0 Å². The SMILES string of the molecule is COC(=O)C1(C2(O)COC2)CCSCC1. The Balaban J connectivity index is 2.25. The highest BCUT2D eigenvalue weighted by molar-refractivity contribution is 7.99. The third-order valence-corrected chi connectivity index (χ3v) is 4.48. The molecule has 0 spiro atoms. The molecule has 0 amide bonds. The summed E-state index contributed by atoms with van der Waals surface area (Å²) < 4.78 is 9.90. The number of hydrogen-bond donors (Lipinski definition) is 1. The number of thioether (sulfide) groups is 1. The molecule has 0 atom stereocenters. The molecule has 0 saturated carbocycles. The van der Waals surface area contributed by atoms with Crippen LogP contribution in [0.25, 0.3) is 0 Å². The first kappa shape index (κ1) is 11.2. The third kappa shape index (κ3) is 1.57. The number of esters is 1. The molecular formula is C10H16O4S. The fourth-order valence-electron chi connectivity index (χ4n) is 2.35. The maximum Gasteiger partial charge on any atom is 0.314 e. The van der Waals surface area contributed by atoms with Crippen LogP contribution in [0.15, 0.2) is 0 Å². The van der Waals surface area contributed by atoms with Crippen molar-refractivity contribution in [2.24, 2.45) is 5.41 Å². The number of ether oxygens (including phenoxy) is 2. The zero-order valence-electron chi connectivity index (χ0n) is 8.82. The van der Waals surface area contributed by atoms with Gasteiger partial charge in [0.15, 0.2) is 0 Å². The normalized spacial score (nSPS) is 27.9. The highest BCUT2D eigenvalue weighted by Gasteiger charge is 2.60. The van der Waals surface area contributed by atoms with Gasteiger partial charge in [0.05, 0.1) is 20.3 Å². The molecule has 0 aromatic rings. The minimum atomic E-state index is -0.999. The minimum absolute atomic E-state index is 0.257. The Bertz CT molecular complexity index is 256. The van der Waals surface area contributed by atoms with E-state index in [2.05, 4.69) is 0 Å². The summed E-state index contributed by atoms with van der Waals surface area (Å²) >= 11 is 1.82. The van der Waals surface area contributed by atoms with E-state index in [4.69, 9.17) is 9.47 Å². The maximum absolute atomic E-state index is 11.9. The Hall–Kier alpha value is -0.260. The zero-order chi connectivity index (χ0) is 10.9. The van der Waals surface area contributed by atoms with E-state index in [1.54, 1.807) is 0 Å². The van der Waals surface area contributed by atoms with Crippen molar-refractivity contribution in [3.63, 3.8) is 0 Å². The van der Waals surface area contributed by atoms with Gasteiger partial charge in [-0.1, -0.05) is 0 Å². The Morgan fingerprint density at radius 2 is 2.00 bits per heavy atom. The van der Waals surface area contributed by atoms with Crippen LogP contribution in [0.3, 0.4) is 0 Å². The standard InChI is InChI=1S/C10H16O4S/c1-13-8(11)9(2-4-15-5-3-9)10(12)6-14-7-10/h12H,2-7H2,1H3. The Kier molecular flexibility index (Phi) is 2.96. The van der Waals surface area contributed by atoms with Gasteiger partial charge in [-0.05, 0) is 24.3 Å². The average Bonchev–Trinajstić information content (AvgIpc) is 2.25. The van der Waals surface area contributed by atoms with Crippen molar-refractivity contribution in [1.82, 2.24) is 0 Å². The van der Waals surface area contributed by atoms with Gasteiger partial charge in [0, 0.05) is 0 Å². The number of methoxy groups -OCH3 is 1. The van der Waals surface area contributed by atoms with E-state index in [1.807, 2.05) is 11.8 Å². The van der Waals surface area contributed by atoms with E-state index >= 15 is 0 Å². The highest BCUT2D eigenvalue weighted by Crippen LogP contribution is 2.48. The predicted octanol–water partition coefficient (Wildman–Crippen LogP) is 0.434. The van der Waals surface area contributed by atoms with Gasteiger partial charge in [-0.3, -0.25) is 4.79 Å². The first-order chi connectivity index (χ1) is 7.15. The molecule has 2 aliphatic rings. The summed E-state index contributed by atoms with van der Waals surface area (Å²) in [4.78, 5) is 11.9. The lowest BCUT2D eigenvalue weighted by Crippen LogP contribution is -2.66. The molecule has 2 rings (SSSR count). The Morgan fingerprint density at radius 3 is 2.40 bits per heavy atom. The molecule has 15 heavy (non-hydrogen) atoms. The van der Waals surface area contributed by atoms with Crippen LogP contribution in [0.2, 0.25) is 0 Å². The Morgan fingerprint density at radius 1 is 1.40 bits per heavy atom. The zero-order valence-corrected chi connectivity index (χ0v) is 9.64. The highest BCUT2D eigenvalue weighted by atomic mass is 32.2. The van der Waals surface area contributed by atoms with Gasteiger partial charge < -0.3 is 14.6 Å². The third-order valence-electron chi connectivity index (χ3n) is 3.49. The summed E-state index contributed by atoms with van der Waals surface area (Å²) in [6.07, 6.45) is 1.37. The molecule has 0 aromatic heterocycles. The van der Waals surface area contributed by atoms with Crippen LogP contribution in [0.4, 0.5) is 0 Å². The van der Waals surface area contributed by atoms with Crippen LogP contribution in [-0.4, -0.2) is 48.5 Å². The topological polar surface area (TPSA) is 55.8 Å². The van der Waals surface area contributed by atoms with E-state index in [-0.39, 0.29) is 19.2 Å². The molecule has 0 bridgehead atoms. The van der Waals surface area contributed by atoms with Crippen LogP contribution in [0.5, 0.6) is 0 Å². The van der Waals surface area contributed by atoms with E-state index in [0.717, 1.165) is 11.5 Å². The van der Waals surface area contributed by atoms with Crippen LogP contribution in [0.1, 0.15) is 12.8 Å². The fourth-order valence-corrected chi connectivity index (χ4v) is 3.54. The van der Waals surface area contributed by atoms with Gasteiger partial charge in [0.25, 0.3) is 0 Å². The van der Waals surface area contributed by atoms with Crippen molar-refractivity contribution in [3.8, 4) is 0 Å². The van der Waals surface area contributed by atoms with Gasteiger partial charge in [0.2, 0.25) is 0 Å². The fraction of sp³-hybridized carbons (Fsp3) is 0.900. The summed E-state index contributed by atoms with van der Waals surface area (Å²) in [5.74, 6) is 1.52. The summed E-state index contributed by atoms with van der Waals surface area (Å²) in [6, 6.07) is 0. The van der Waals surface area contributed by atoms with Crippen molar-refractivity contribution in [2.45, 2.75) is 18.4 Å². The van der Waals surface area contributed by atoms with Crippen molar-refractivity contribution in [2.75, 3.05) is 31.8 Å². The predicted molar refractivity (Wildman–Crippen MR) is 56.8 cm³/mol. The minimum Gasteiger partial charge on any atom is -0.469 e. The lowest BCUT2D eigenvalue weighted by atomic mass is 9.66. The van der Waals surface area contributed by atoms with Gasteiger partial charge in [0.1, 0.15) is 11.0 Å². The van der Waals surface area contributed by atoms with Crippen molar-refractivity contribution in [1.29, 1.82) is 0 Å². The van der Waals surface area contributed by atoms with E-state index < -0.39 is 11.0 Å². The molecule has 2 heterocycles. The number of hydrogen-bond acceptors (Lipinski definition) is 5. The molecule has 1 N–H and O–H groups in total. The molecule has 2 fully saturated rings. The van der Waals surface area contributed by atoms with Crippen LogP contribution < -0.4 is 0 Å². The van der Waals surface area contributed by atoms with Crippen molar-refractivity contribution in [3.05, 3.63) is 0 Å². The van der Waals surface area contributed by atoms with Crippen LogP contribution in [-0.2, 0) is 14.3 Å². The van der Waals surface area contributed by atoms with Crippen molar-refractivity contribution >= 4 is 17.7 Å². The molecular weight excluding hydrogens is 216 g/mol. The van der Waals surface area contributed by atoms with E-state index in [0.29, 0.717) is 12.8 Å². The molecule has 0 aromatic carbocycles. The second-order valence-electron chi connectivity index (χ2n) is 4.21. The van der Waals surface area contributed by atoms with E-state index in [9.17, 15) is 9.90 Å². The number of rotatable bonds is 2. The molecule has 5 heteroatoms. The van der Waals surface area contributed by atoms with Gasteiger partial charge in [-0.2, -0.15) is 11.8 Å². The molecule has 0 radical (unpaired) electrons. The summed E-state index contributed by atoms with van der Waals surface area (Å²) in [5.41, 5.74) is -1.73. The monoisotopic (exact) mass is 232 g/mol. The average molecular weight is 232 g/mol. The maximum atomic E-state index is 11.9. The van der Waals surface area contributed by atoms with Crippen LogP contribution >= 0.6 is 11.8 Å². The first-order valence-electron chi connectivity index (χ1n) is 5.11. The molecule has 0 aliphatic carbocycles. The number of carbonyl (C=O) groups is 1. The second-order valence-corrected chi connectivity index (χ2v) is 5.44. The lowest BCUT2D eigenvalue weighted by Gasteiger charge is -2.51. The summed E-state index contributed by atoms with van der Waals surface area (Å²) in [7, 11) is 1.38. The quantitative estimate of drug-likeness (QED) is 0.700. The van der Waals surface area contributed by atoms with Crippen molar-refractivity contribution < 1.29 is 19.4 Å². The van der Waals surface area contributed by atoms with Crippen LogP contribution in [0, 0.1) is 5.41 Å². The summed E-state index contributed by atoms with van der Waals surface area (Å²) in [5, 5.41) is 10.4. The Labute approximate surface area is 93.3 Å². The molecule has 86 valence electrons. The second kappa shape index (κ2) is 3.96. The number of carbonyl (C=O) groups excluding carboxylic acids is 1. The summed E-state index contributed by atoms with van der Waals surface area (Å²) in [6.45, 7) is 0.513. The molecule has 2 aliphatic heterocycles. The van der Waals surface area contributed by atoms with Gasteiger partial charge >= 0.3 is 5.97 Å². The molecule has 2 saturated heterocycles. The lowest BCUT2D eigenvalue weighted by molar-refractivity contribution is -0.247. The molecule has 4 nitrogen and oxygen atoms in total. The largest absolute Gasteiger partial charge is 0.469 e.